The number of benzene rings is 1. The van der Waals surface area contributed by atoms with Crippen molar-refractivity contribution in [3.05, 3.63) is 35.8 Å². The van der Waals surface area contributed by atoms with Gasteiger partial charge in [-0.2, -0.15) is 0 Å². The normalized spacial score (nSPS) is 12.8. The molecule has 5 heteroatoms. The molecule has 1 aromatic heterocycles. The lowest BCUT2D eigenvalue weighted by Crippen LogP contribution is -2.38. The molecule has 0 radical (unpaired) electrons. The molecule has 0 aliphatic heterocycles. The van der Waals surface area contributed by atoms with Gasteiger partial charge in [0.1, 0.15) is 11.4 Å². The van der Waals surface area contributed by atoms with Crippen LogP contribution in [0.4, 0.5) is 4.39 Å². The van der Waals surface area contributed by atoms with Crippen LogP contribution in [0.5, 0.6) is 0 Å². The van der Waals surface area contributed by atoms with E-state index in [-0.39, 0.29) is 24.2 Å². The van der Waals surface area contributed by atoms with Crippen LogP contribution in [-0.4, -0.2) is 23.7 Å². The van der Waals surface area contributed by atoms with Gasteiger partial charge in [0.25, 0.3) is 5.91 Å². The maximum atomic E-state index is 13.1. The van der Waals surface area contributed by atoms with Gasteiger partial charge in [-0.1, -0.05) is 13.8 Å². The molecule has 2 rings (SSSR count). The molecule has 2 aromatic rings. The monoisotopic (exact) mass is 279 g/mol. The van der Waals surface area contributed by atoms with Crippen molar-refractivity contribution in [2.24, 2.45) is 5.92 Å². The van der Waals surface area contributed by atoms with Gasteiger partial charge in [0.05, 0.1) is 12.6 Å². The summed E-state index contributed by atoms with van der Waals surface area (Å²) >= 11 is 0. The maximum absolute atomic E-state index is 13.1. The van der Waals surface area contributed by atoms with Crippen LogP contribution in [0.2, 0.25) is 0 Å². The minimum atomic E-state index is -0.402. The molecule has 0 aliphatic carbocycles. The molecule has 0 saturated heterocycles. The quantitative estimate of drug-likeness (QED) is 0.884. The van der Waals surface area contributed by atoms with Crippen molar-refractivity contribution in [2.75, 3.05) is 6.61 Å². The first-order valence-electron chi connectivity index (χ1n) is 6.60. The van der Waals surface area contributed by atoms with E-state index < -0.39 is 5.91 Å². The van der Waals surface area contributed by atoms with Crippen LogP contribution < -0.4 is 5.32 Å². The van der Waals surface area contributed by atoms with Gasteiger partial charge >= 0.3 is 0 Å². The predicted octanol–water partition coefficient (Wildman–Crippen LogP) is 2.71. The van der Waals surface area contributed by atoms with E-state index in [4.69, 9.17) is 4.42 Å². The Labute approximate surface area is 116 Å². The van der Waals surface area contributed by atoms with Crippen molar-refractivity contribution < 1.29 is 18.7 Å². The fourth-order valence-corrected chi connectivity index (χ4v) is 2.13. The summed E-state index contributed by atoms with van der Waals surface area (Å²) in [6.45, 7) is 3.90. The van der Waals surface area contributed by atoms with Crippen LogP contribution in [0, 0.1) is 11.7 Å². The molecule has 0 spiro atoms. The molecule has 20 heavy (non-hydrogen) atoms. The Morgan fingerprint density at radius 1 is 1.40 bits per heavy atom. The smallest absolute Gasteiger partial charge is 0.287 e. The zero-order valence-corrected chi connectivity index (χ0v) is 11.5. The molecule has 0 saturated carbocycles. The van der Waals surface area contributed by atoms with Crippen LogP contribution in [0.25, 0.3) is 11.0 Å². The summed E-state index contributed by atoms with van der Waals surface area (Å²) in [5, 5.41) is 12.5. The summed E-state index contributed by atoms with van der Waals surface area (Å²) in [5.74, 6) is -0.301. The third-order valence-electron chi connectivity index (χ3n) is 3.01. The van der Waals surface area contributed by atoms with Gasteiger partial charge in [-0.3, -0.25) is 4.79 Å². The number of fused-ring (bicyclic) bond motifs is 1. The molecule has 2 N–H and O–H groups in total. The fourth-order valence-electron chi connectivity index (χ4n) is 2.13. The minimum absolute atomic E-state index is 0.118. The van der Waals surface area contributed by atoms with E-state index in [0.29, 0.717) is 23.3 Å². The SMILES string of the molecule is CC(C)CC(CO)NC(=O)c1cc2cc(F)ccc2o1. The predicted molar refractivity (Wildman–Crippen MR) is 74.0 cm³/mol. The average molecular weight is 279 g/mol. The topological polar surface area (TPSA) is 62.5 Å². The molecule has 1 amide bonds. The molecule has 1 aromatic carbocycles. The molecule has 0 aliphatic rings. The van der Waals surface area contributed by atoms with Crippen molar-refractivity contribution in [1.29, 1.82) is 0 Å². The second-order valence-corrected chi connectivity index (χ2v) is 5.28. The molecule has 0 bridgehead atoms. The summed E-state index contributed by atoms with van der Waals surface area (Å²) < 4.78 is 18.5. The van der Waals surface area contributed by atoms with Gasteiger partial charge in [0, 0.05) is 5.39 Å². The number of carbonyl (C=O) groups excluding carboxylic acids is 1. The number of furan rings is 1. The summed E-state index contributed by atoms with van der Waals surface area (Å²) in [4.78, 5) is 12.0. The Kier molecular flexibility index (Phi) is 4.39. The van der Waals surface area contributed by atoms with E-state index in [2.05, 4.69) is 5.32 Å². The van der Waals surface area contributed by atoms with Crippen molar-refractivity contribution in [2.45, 2.75) is 26.3 Å². The van der Waals surface area contributed by atoms with Crippen molar-refractivity contribution in [3.63, 3.8) is 0 Å². The first kappa shape index (κ1) is 14.5. The van der Waals surface area contributed by atoms with Crippen molar-refractivity contribution >= 4 is 16.9 Å². The number of carbonyl (C=O) groups is 1. The lowest BCUT2D eigenvalue weighted by atomic mass is 10.0. The van der Waals surface area contributed by atoms with Gasteiger partial charge in [0.15, 0.2) is 5.76 Å². The molecular weight excluding hydrogens is 261 g/mol. The molecular formula is C15H18FNO3. The summed E-state index contributed by atoms with van der Waals surface area (Å²) in [7, 11) is 0. The summed E-state index contributed by atoms with van der Waals surface area (Å²) in [5.41, 5.74) is 0.459. The first-order valence-corrected chi connectivity index (χ1v) is 6.60. The van der Waals surface area contributed by atoms with E-state index in [1.165, 1.54) is 24.3 Å². The standard InChI is InChI=1S/C15H18FNO3/c1-9(2)5-12(8-18)17-15(19)14-7-10-6-11(16)3-4-13(10)20-14/h3-4,6-7,9,12,18H,5,8H2,1-2H3,(H,17,19). The zero-order chi connectivity index (χ0) is 14.7. The average Bonchev–Trinajstić information content (AvgIpc) is 2.80. The zero-order valence-electron chi connectivity index (χ0n) is 11.5. The maximum Gasteiger partial charge on any atom is 0.287 e. The Balaban J connectivity index is 2.14. The van der Waals surface area contributed by atoms with Gasteiger partial charge in [-0.25, -0.2) is 4.39 Å². The van der Waals surface area contributed by atoms with Gasteiger partial charge in [-0.15, -0.1) is 0 Å². The van der Waals surface area contributed by atoms with Crippen LogP contribution in [0.15, 0.2) is 28.7 Å². The lowest BCUT2D eigenvalue weighted by molar-refractivity contribution is 0.0882. The number of aliphatic hydroxyl groups is 1. The second kappa shape index (κ2) is 6.05. The van der Waals surface area contributed by atoms with Crippen molar-refractivity contribution in [3.8, 4) is 0 Å². The molecule has 0 fully saturated rings. The Hall–Kier alpha value is -1.88. The van der Waals surface area contributed by atoms with E-state index in [0.717, 1.165) is 0 Å². The van der Waals surface area contributed by atoms with Gasteiger partial charge in [-0.05, 0) is 36.6 Å². The fraction of sp³-hybridized carbons (Fsp3) is 0.400. The largest absolute Gasteiger partial charge is 0.451 e. The molecule has 4 nitrogen and oxygen atoms in total. The third kappa shape index (κ3) is 3.36. The van der Waals surface area contributed by atoms with E-state index >= 15 is 0 Å². The third-order valence-corrected chi connectivity index (χ3v) is 3.01. The van der Waals surface area contributed by atoms with Crippen LogP contribution >= 0.6 is 0 Å². The molecule has 1 atom stereocenters. The first-order chi connectivity index (χ1) is 9.49. The number of nitrogens with one attached hydrogen (secondary N) is 1. The Morgan fingerprint density at radius 3 is 2.80 bits per heavy atom. The molecule has 1 unspecified atom stereocenters. The highest BCUT2D eigenvalue weighted by atomic mass is 19.1. The number of aliphatic hydroxyl groups excluding tert-OH is 1. The van der Waals surface area contributed by atoms with E-state index in [1.807, 2.05) is 13.8 Å². The van der Waals surface area contributed by atoms with Crippen LogP contribution in [-0.2, 0) is 0 Å². The number of amides is 1. The van der Waals surface area contributed by atoms with E-state index in [9.17, 15) is 14.3 Å². The number of rotatable bonds is 5. The van der Waals surface area contributed by atoms with Gasteiger partial charge in [0.2, 0.25) is 0 Å². The summed E-state index contributed by atoms with van der Waals surface area (Å²) in [6.07, 6.45) is 0.678. The molecule has 108 valence electrons. The number of hydrogen-bond acceptors (Lipinski definition) is 3. The molecule has 1 heterocycles. The highest BCUT2D eigenvalue weighted by Gasteiger charge is 2.17. The van der Waals surface area contributed by atoms with Crippen molar-refractivity contribution in [1.82, 2.24) is 5.32 Å². The minimum Gasteiger partial charge on any atom is -0.451 e. The Bertz CT molecular complexity index is 606. The second-order valence-electron chi connectivity index (χ2n) is 5.28. The van der Waals surface area contributed by atoms with Gasteiger partial charge < -0.3 is 14.8 Å². The highest BCUT2D eigenvalue weighted by Crippen LogP contribution is 2.20. The van der Waals surface area contributed by atoms with E-state index in [1.54, 1.807) is 0 Å². The van der Waals surface area contributed by atoms with Crippen LogP contribution in [0.3, 0.4) is 0 Å². The van der Waals surface area contributed by atoms with Crippen LogP contribution in [0.1, 0.15) is 30.8 Å². The number of halogens is 1. The number of hydrogen-bond donors (Lipinski definition) is 2. The lowest BCUT2D eigenvalue weighted by Gasteiger charge is -2.17. The summed E-state index contributed by atoms with van der Waals surface area (Å²) in [6, 6.07) is 5.26. The Morgan fingerprint density at radius 2 is 2.15 bits per heavy atom. The highest BCUT2D eigenvalue weighted by molar-refractivity contribution is 5.96.